The molecule has 0 fully saturated rings. The maximum Gasteiger partial charge on any atom is 0.278 e. The number of benzene rings is 1. The van der Waals surface area contributed by atoms with Crippen molar-refractivity contribution in [2.24, 2.45) is 0 Å². The van der Waals surface area contributed by atoms with Crippen molar-refractivity contribution in [3.05, 3.63) is 34.7 Å². The number of hydrogen-bond donors (Lipinski definition) is 3. The standard InChI is InChI=1S/C11H13BrN4O2S/c1-2-10-14-6-11(15-10)19(17,18)16-7-3-4-8(12)9(13)5-7/h3-6,16H,2,13H2,1H3,(H,14,15). The molecule has 0 unspecified atom stereocenters. The minimum absolute atomic E-state index is 0.0332. The molecule has 19 heavy (non-hydrogen) atoms. The van der Waals surface area contributed by atoms with Crippen molar-refractivity contribution in [3.63, 3.8) is 0 Å². The lowest BCUT2D eigenvalue weighted by molar-refractivity contribution is 0.598. The number of H-pyrrole nitrogens is 1. The van der Waals surface area contributed by atoms with Crippen molar-refractivity contribution >= 4 is 37.3 Å². The summed E-state index contributed by atoms with van der Waals surface area (Å²) < 4.78 is 27.3. The van der Waals surface area contributed by atoms with Gasteiger partial charge < -0.3 is 10.7 Å². The summed E-state index contributed by atoms with van der Waals surface area (Å²) in [4.78, 5) is 6.71. The van der Waals surface area contributed by atoms with Gasteiger partial charge in [-0.15, -0.1) is 0 Å². The van der Waals surface area contributed by atoms with Crippen LogP contribution in [0.4, 0.5) is 11.4 Å². The Hall–Kier alpha value is -1.54. The fourth-order valence-corrected chi connectivity index (χ4v) is 2.71. The molecule has 8 heteroatoms. The summed E-state index contributed by atoms with van der Waals surface area (Å²) in [6.45, 7) is 1.89. The van der Waals surface area contributed by atoms with Gasteiger partial charge in [0.15, 0.2) is 5.03 Å². The number of imidazole rings is 1. The Morgan fingerprint density at radius 3 is 2.79 bits per heavy atom. The minimum Gasteiger partial charge on any atom is -0.398 e. The molecule has 2 rings (SSSR count). The minimum atomic E-state index is -3.67. The normalized spacial score (nSPS) is 11.5. The molecule has 0 atom stereocenters. The summed E-state index contributed by atoms with van der Waals surface area (Å²) in [7, 11) is -3.67. The Bertz CT molecular complexity index is 696. The second kappa shape index (κ2) is 5.22. The summed E-state index contributed by atoms with van der Waals surface area (Å²) in [5, 5.41) is 0.0332. The maximum absolute atomic E-state index is 12.1. The molecule has 1 aromatic carbocycles. The Balaban J connectivity index is 2.28. The van der Waals surface area contributed by atoms with Gasteiger partial charge >= 0.3 is 0 Å². The lowest BCUT2D eigenvalue weighted by atomic mass is 10.3. The van der Waals surface area contributed by atoms with Gasteiger partial charge in [-0.1, -0.05) is 6.92 Å². The van der Waals surface area contributed by atoms with Gasteiger partial charge in [0.25, 0.3) is 10.0 Å². The number of halogens is 1. The Morgan fingerprint density at radius 1 is 1.47 bits per heavy atom. The van der Waals surface area contributed by atoms with E-state index in [4.69, 9.17) is 5.73 Å². The molecule has 0 aliphatic heterocycles. The van der Waals surface area contributed by atoms with Crippen LogP contribution in [0.25, 0.3) is 0 Å². The van der Waals surface area contributed by atoms with Crippen LogP contribution in [0.15, 0.2) is 33.9 Å². The number of hydrogen-bond acceptors (Lipinski definition) is 4. The van der Waals surface area contributed by atoms with E-state index < -0.39 is 10.0 Å². The van der Waals surface area contributed by atoms with E-state index in [1.54, 1.807) is 18.2 Å². The molecule has 0 amide bonds. The lowest BCUT2D eigenvalue weighted by Crippen LogP contribution is -2.13. The van der Waals surface area contributed by atoms with Crippen LogP contribution in [0.3, 0.4) is 0 Å². The highest BCUT2D eigenvalue weighted by molar-refractivity contribution is 9.10. The molecule has 0 radical (unpaired) electrons. The Morgan fingerprint density at radius 2 is 2.21 bits per heavy atom. The lowest BCUT2D eigenvalue weighted by Gasteiger charge is -2.07. The second-order valence-corrected chi connectivity index (χ2v) is 6.39. The van der Waals surface area contributed by atoms with Crippen LogP contribution in [-0.4, -0.2) is 18.4 Å². The zero-order chi connectivity index (χ0) is 14.0. The fourth-order valence-electron chi connectivity index (χ4n) is 1.48. The summed E-state index contributed by atoms with van der Waals surface area (Å²) >= 11 is 3.25. The average molecular weight is 345 g/mol. The topological polar surface area (TPSA) is 101 Å². The molecule has 102 valence electrons. The van der Waals surface area contributed by atoms with Crippen LogP contribution in [0.5, 0.6) is 0 Å². The highest BCUT2D eigenvalue weighted by atomic mass is 79.9. The van der Waals surface area contributed by atoms with E-state index in [1.807, 2.05) is 6.92 Å². The van der Waals surface area contributed by atoms with Crippen LogP contribution < -0.4 is 10.5 Å². The quantitative estimate of drug-likeness (QED) is 0.739. The van der Waals surface area contributed by atoms with Gasteiger partial charge in [0.05, 0.1) is 11.9 Å². The van der Waals surface area contributed by atoms with Crippen molar-refractivity contribution in [2.75, 3.05) is 10.5 Å². The third kappa shape index (κ3) is 3.07. The molecule has 1 aromatic heterocycles. The highest BCUT2D eigenvalue weighted by Crippen LogP contribution is 2.24. The van der Waals surface area contributed by atoms with Crippen LogP contribution in [0.1, 0.15) is 12.7 Å². The molecule has 0 aliphatic carbocycles. The molecule has 2 aromatic rings. The van der Waals surface area contributed by atoms with Crippen molar-refractivity contribution in [1.29, 1.82) is 0 Å². The number of nitrogens with one attached hydrogen (secondary N) is 2. The van der Waals surface area contributed by atoms with Gasteiger partial charge in [0, 0.05) is 16.6 Å². The number of aryl methyl sites for hydroxylation is 1. The number of aromatic amines is 1. The number of nitrogen functional groups attached to an aromatic ring is 1. The summed E-state index contributed by atoms with van der Waals surface area (Å²) in [5.41, 5.74) is 6.56. The van der Waals surface area contributed by atoms with E-state index in [0.29, 0.717) is 28.1 Å². The predicted octanol–water partition coefficient (Wildman–Crippen LogP) is 2.12. The molecular weight excluding hydrogens is 332 g/mol. The fraction of sp³-hybridized carbons (Fsp3) is 0.182. The molecule has 1 heterocycles. The number of sulfonamides is 1. The predicted molar refractivity (Wildman–Crippen MR) is 77.3 cm³/mol. The third-order valence-electron chi connectivity index (χ3n) is 2.48. The molecule has 0 aliphatic rings. The van der Waals surface area contributed by atoms with E-state index in [1.165, 1.54) is 6.20 Å². The van der Waals surface area contributed by atoms with Gasteiger partial charge in [-0.3, -0.25) is 4.72 Å². The van der Waals surface area contributed by atoms with E-state index in [0.717, 1.165) is 0 Å². The van der Waals surface area contributed by atoms with E-state index in [2.05, 4.69) is 30.6 Å². The first-order chi connectivity index (χ1) is 8.92. The first kappa shape index (κ1) is 13.9. The maximum atomic E-state index is 12.1. The molecule has 0 spiro atoms. The summed E-state index contributed by atoms with van der Waals surface area (Å²) in [6.07, 6.45) is 1.93. The second-order valence-electron chi connectivity index (χ2n) is 3.89. The van der Waals surface area contributed by atoms with Crippen LogP contribution in [0, 0.1) is 0 Å². The number of anilines is 2. The smallest absolute Gasteiger partial charge is 0.278 e. The van der Waals surface area contributed by atoms with Gasteiger partial charge in [-0.25, -0.2) is 4.98 Å². The first-order valence-corrected chi connectivity index (χ1v) is 7.81. The van der Waals surface area contributed by atoms with E-state index in [9.17, 15) is 8.42 Å². The van der Waals surface area contributed by atoms with Crippen molar-refractivity contribution in [3.8, 4) is 0 Å². The van der Waals surface area contributed by atoms with Gasteiger partial charge in [-0.2, -0.15) is 8.42 Å². The van der Waals surface area contributed by atoms with Crippen molar-refractivity contribution < 1.29 is 8.42 Å². The molecular formula is C11H13BrN4O2S. The largest absolute Gasteiger partial charge is 0.398 e. The van der Waals surface area contributed by atoms with Gasteiger partial charge in [0.1, 0.15) is 5.82 Å². The SMILES string of the molecule is CCc1ncc(S(=O)(=O)Nc2ccc(Br)c(N)c2)[nH]1. The molecule has 4 N–H and O–H groups in total. The van der Waals surface area contributed by atoms with Crippen molar-refractivity contribution in [1.82, 2.24) is 9.97 Å². The molecule has 0 saturated heterocycles. The number of aromatic nitrogens is 2. The Labute approximate surface area is 119 Å². The van der Waals surface area contributed by atoms with Crippen LogP contribution >= 0.6 is 15.9 Å². The van der Waals surface area contributed by atoms with E-state index in [-0.39, 0.29) is 5.03 Å². The zero-order valence-corrected chi connectivity index (χ0v) is 12.5. The van der Waals surface area contributed by atoms with E-state index >= 15 is 0 Å². The first-order valence-electron chi connectivity index (χ1n) is 5.54. The highest BCUT2D eigenvalue weighted by Gasteiger charge is 2.17. The molecule has 6 nitrogen and oxygen atoms in total. The Kier molecular flexibility index (Phi) is 3.81. The van der Waals surface area contributed by atoms with Crippen molar-refractivity contribution in [2.45, 2.75) is 18.4 Å². The monoisotopic (exact) mass is 344 g/mol. The number of nitrogens with zero attached hydrogens (tertiary/aromatic N) is 1. The third-order valence-corrected chi connectivity index (χ3v) is 4.49. The molecule has 0 saturated carbocycles. The summed E-state index contributed by atoms with van der Waals surface area (Å²) in [5.74, 6) is 0.621. The van der Waals surface area contributed by atoms with Crippen LogP contribution in [-0.2, 0) is 16.4 Å². The number of nitrogens with two attached hydrogens (primary N) is 1. The molecule has 0 bridgehead atoms. The summed E-state index contributed by atoms with van der Waals surface area (Å²) in [6, 6.07) is 4.84. The number of rotatable bonds is 4. The van der Waals surface area contributed by atoms with Gasteiger partial charge in [0.2, 0.25) is 0 Å². The zero-order valence-electron chi connectivity index (χ0n) is 10.1. The van der Waals surface area contributed by atoms with Gasteiger partial charge in [-0.05, 0) is 34.1 Å². The van der Waals surface area contributed by atoms with Crippen LogP contribution in [0.2, 0.25) is 0 Å². The average Bonchev–Trinajstić information content (AvgIpc) is 2.83.